The van der Waals surface area contributed by atoms with Crippen LogP contribution in [0.1, 0.15) is 52.4 Å². The Balaban J connectivity index is 1.89. The van der Waals surface area contributed by atoms with E-state index in [4.69, 9.17) is 5.11 Å². The fourth-order valence-electron chi connectivity index (χ4n) is 2.96. The molecule has 102 valence electrons. The maximum atomic E-state index is 12.3. The van der Waals surface area contributed by atoms with E-state index in [0.717, 1.165) is 25.7 Å². The molecule has 18 heavy (non-hydrogen) atoms. The standard InChI is InChI=1S/C14H23NO3/c1-10(2)8-13(4-3-5-13)11(16)15-9-14(6-7-14)12(17)18/h10H,3-9H2,1-2H3,(H,15,16)(H,17,18). The topological polar surface area (TPSA) is 66.4 Å². The Labute approximate surface area is 108 Å². The third-order valence-electron chi connectivity index (χ3n) is 4.49. The molecular formula is C14H23NO3. The van der Waals surface area contributed by atoms with E-state index in [2.05, 4.69) is 19.2 Å². The fraction of sp³-hybridized carbons (Fsp3) is 0.857. The summed E-state index contributed by atoms with van der Waals surface area (Å²) in [5.41, 5.74) is -0.860. The number of carbonyl (C=O) groups is 2. The lowest BCUT2D eigenvalue weighted by molar-refractivity contribution is -0.144. The molecule has 0 saturated heterocycles. The van der Waals surface area contributed by atoms with Crippen molar-refractivity contribution in [1.29, 1.82) is 0 Å². The molecule has 0 aliphatic heterocycles. The van der Waals surface area contributed by atoms with Crippen LogP contribution >= 0.6 is 0 Å². The molecular weight excluding hydrogens is 230 g/mol. The second kappa shape index (κ2) is 4.56. The van der Waals surface area contributed by atoms with Gasteiger partial charge in [-0.1, -0.05) is 20.3 Å². The van der Waals surface area contributed by atoms with Gasteiger partial charge in [0.15, 0.2) is 0 Å². The minimum Gasteiger partial charge on any atom is -0.481 e. The number of aliphatic carboxylic acids is 1. The van der Waals surface area contributed by atoms with E-state index in [1.807, 2.05) is 0 Å². The Hall–Kier alpha value is -1.06. The van der Waals surface area contributed by atoms with Crippen LogP contribution in [0.3, 0.4) is 0 Å². The van der Waals surface area contributed by atoms with Gasteiger partial charge >= 0.3 is 5.97 Å². The Bertz CT molecular complexity index is 354. The van der Waals surface area contributed by atoms with Crippen LogP contribution in [-0.2, 0) is 9.59 Å². The molecule has 0 radical (unpaired) electrons. The van der Waals surface area contributed by atoms with Crippen LogP contribution in [-0.4, -0.2) is 23.5 Å². The zero-order valence-electron chi connectivity index (χ0n) is 11.3. The Kier molecular flexibility index (Phi) is 3.39. The second-order valence-electron chi connectivity index (χ2n) is 6.50. The van der Waals surface area contributed by atoms with Gasteiger partial charge in [-0.25, -0.2) is 0 Å². The summed E-state index contributed by atoms with van der Waals surface area (Å²) in [4.78, 5) is 23.3. The van der Waals surface area contributed by atoms with E-state index in [1.165, 1.54) is 0 Å². The number of carbonyl (C=O) groups excluding carboxylic acids is 1. The highest BCUT2D eigenvalue weighted by molar-refractivity contribution is 5.85. The van der Waals surface area contributed by atoms with Gasteiger partial charge in [0.25, 0.3) is 0 Å². The van der Waals surface area contributed by atoms with Crippen LogP contribution in [0.25, 0.3) is 0 Å². The van der Waals surface area contributed by atoms with Crippen molar-refractivity contribution in [3.8, 4) is 0 Å². The lowest BCUT2D eigenvalue weighted by Crippen LogP contribution is -2.48. The fourth-order valence-corrected chi connectivity index (χ4v) is 2.96. The summed E-state index contributed by atoms with van der Waals surface area (Å²) in [5, 5.41) is 12.0. The van der Waals surface area contributed by atoms with Crippen molar-refractivity contribution >= 4 is 11.9 Å². The van der Waals surface area contributed by atoms with Gasteiger partial charge in [-0.15, -0.1) is 0 Å². The third-order valence-corrected chi connectivity index (χ3v) is 4.49. The largest absolute Gasteiger partial charge is 0.481 e. The van der Waals surface area contributed by atoms with Crippen molar-refractivity contribution in [2.45, 2.75) is 52.4 Å². The van der Waals surface area contributed by atoms with Crippen LogP contribution in [0.4, 0.5) is 0 Å². The molecule has 0 spiro atoms. The van der Waals surface area contributed by atoms with Gasteiger partial charge in [0, 0.05) is 12.0 Å². The van der Waals surface area contributed by atoms with Crippen LogP contribution in [0.2, 0.25) is 0 Å². The van der Waals surface area contributed by atoms with Crippen molar-refractivity contribution in [3.05, 3.63) is 0 Å². The molecule has 0 aromatic carbocycles. The smallest absolute Gasteiger partial charge is 0.311 e. The van der Waals surface area contributed by atoms with Crippen molar-refractivity contribution in [2.24, 2.45) is 16.7 Å². The highest BCUT2D eigenvalue weighted by Crippen LogP contribution is 2.48. The van der Waals surface area contributed by atoms with Crippen LogP contribution in [0.5, 0.6) is 0 Å². The average molecular weight is 253 g/mol. The quantitative estimate of drug-likeness (QED) is 0.762. The zero-order chi connectivity index (χ0) is 13.4. The predicted molar refractivity (Wildman–Crippen MR) is 68.1 cm³/mol. The van der Waals surface area contributed by atoms with Gasteiger partial charge in [0.1, 0.15) is 0 Å². The summed E-state index contributed by atoms with van der Waals surface area (Å²) >= 11 is 0. The summed E-state index contributed by atoms with van der Waals surface area (Å²) in [6, 6.07) is 0. The Morgan fingerprint density at radius 2 is 1.78 bits per heavy atom. The van der Waals surface area contributed by atoms with Gasteiger partial charge in [-0.3, -0.25) is 9.59 Å². The number of hydrogen-bond acceptors (Lipinski definition) is 2. The second-order valence-corrected chi connectivity index (χ2v) is 6.50. The number of carboxylic acid groups (broad SMARTS) is 1. The maximum Gasteiger partial charge on any atom is 0.311 e. The first-order chi connectivity index (χ1) is 8.40. The first-order valence-corrected chi connectivity index (χ1v) is 6.92. The van der Waals surface area contributed by atoms with Crippen molar-refractivity contribution in [2.75, 3.05) is 6.54 Å². The molecule has 0 heterocycles. The number of amides is 1. The average Bonchev–Trinajstić information content (AvgIpc) is 3.00. The molecule has 0 aromatic rings. The Morgan fingerprint density at radius 3 is 2.11 bits per heavy atom. The van der Waals surface area contributed by atoms with E-state index in [1.54, 1.807) is 0 Å². The van der Waals surface area contributed by atoms with Crippen LogP contribution in [0.15, 0.2) is 0 Å². The predicted octanol–water partition coefficient (Wildman–Crippen LogP) is 2.18. The summed E-state index contributed by atoms with van der Waals surface area (Å²) in [7, 11) is 0. The summed E-state index contributed by atoms with van der Waals surface area (Å²) < 4.78 is 0. The van der Waals surface area contributed by atoms with Crippen molar-refractivity contribution < 1.29 is 14.7 Å². The summed E-state index contributed by atoms with van der Waals surface area (Å²) in [6.07, 6.45) is 5.33. The Morgan fingerprint density at radius 1 is 1.17 bits per heavy atom. The number of rotatable bonds is 6. The molecule has 2 fully saturated rings. The highest BCUT2D eigenvalue weighted by atomic mass is 16.4. The third kappa shape index (κ3) is 2.38. The number of nitrogens with one attached hydrogen (secondary N) is 1. The highest BCUT2D eigenvalue weighted by Gasteiger charge is 2.52. The molecule has 1 amide bonds. The van der Waals surface area contributed by atoms with Crippen molar-refractivity contribution in [1.82, 2.24) is 5.32 Å². The normalized spacial score (nSPS) is 23.3. The van der Waals surface area contributed by atoms with E-state index in [9.17, 15) is 9.59 Å². The van der Waals surface area contributed by atoms with Crippen LogP contribution in [0, 0.1) is 16.7 Å². The molecule has 2 aliphatic carbocycles. The SMILES string of the molecule is CC(C)CC1(C(=O)NCC2(C(=O)O)CC2)CCC1. The van der Waals surface area contributed by atoms with E-state index >= 15 is 0 Å². The van der Waals surface area contributed by atoms with E-state index in [-0.39, 0.29) is 11.3 Å². The van der Waals surface area contributed by atoms with E-state index < -0.39 is 11.4 Å². The molecule has 2 rings (SSSR count). The molecule has 0 unspecified atom stereocenters. The van der Waals surface area contributed by atoms with Gasteiger partial charge in [-0.2, -0.15) is 0 Å². The minimum atomic E-state index is -0.769. The summed E-state index contributed by atoms with van der Waals surface area (Å²) in [5.74, 6) is -0.185. The first kappa shape index (κ1) is 13.4. The first-order valence-electron chi connectivity index (χ1n) is 6.92. The minimum absolute atomic E-state index is 0.0787. The van der Waals surface area contributed by atoms with E-state index in [0.29, 0.717) is 25.3 Å². The molecule has 0 bridgehead atoms. The lowest BCUT2D eigenvalue weighted by atomic mass is 9.64. The monoisotopic (exact) mass is 253 g/mol. The van der Waals surface area contributed by atoms with Crippen LogP contribution < -0.4 is 5.32 Å². The molecule has 2 aliphatic rings. The molecule has 0 aromatic heterocycles. The molecule has 2 N–H and O–H groups in total. The van der Waals surface area contributed by atoms with Gasteiger partial charge in [0.2, 0.25) is 5.91 Å². The van der Waals surface area contributed by atoms with Crippen molar-refractivity contribution in [3.63, 3.8) is 0 Å². The summed E-state index contributed by atoms with van der Waals surface area (Å²) in [6.45, 7) is 4.57. The number of carboxylic acids is 1. The zero-order valence-corrected chi connectivity index (χ0v) is 11.3. The molecule has 2 saturated carbocycles. The molecule has 4 heteroatoms. The van der Waals surface area contributed by atoms with Gasteiger partial charge in [0.05, 0.1) is 5.41 Å². The van der Waals surface area contributed by atoms with Gasteiger partial charge in [-0.05, 0) is 38.0 Å². The molecule has 4 nitrogen and oxygen atoms in total. The lowest BCUT2D eigenvalue weighted by Gasteiger charge is -2.41. The number of hydrogen-bond donors (Lipinski definition) is 2. The maximum absolute atomic E-state index is 12.3. The van der Waals surface area contributed by atoms with Gasteiger partial charge < -0.3 is 10.4 Å². The molecule has 0 atom stereocenters.